The number of amides is 1. The SMILES string of the molecule is Cn1cc(-c2nccn3nc(Nc4ccc5c(c4)CC(=O)N5)nc23)cn1. The highest BCUT2D eigenvalue weighted by molar-refractivity contribution is 5.99. The highest BCUT2D eigenvalue weighted by atomic mass is 16.1. The van der Waals surface area contributed by atoms with E-state index in [-0.39, 0.29) is 5.91 Å². The molecule has 9 heteroatoms. The average Bonchev–Trinajstić information content (AvgIpc) is 3.31. The Labute approximate surface area is 147 Å². The Hall–Kier alpha value is -3.75. The smallest absolute Gasteiger partial charge is 0.247 e. The monoisotopic (exact) mass is 346 g/mol. The van der Waals surface area contributed by atoms with Gasteiger partial charge in [-0.1, -0.05) is 0 Å². The van der Waals surface area contributed by atoms with Gasteiger partial charge in [-0.3, -0.25) is 14.5 Å². The third-order valence-corrected chi connectivity index (χ3v) is 4.22. The third kappa shape index (κ3) is 2.37. The quantitative estimate of drug-likeness (QED) is 0.586. The van der Waals surface area contributed by atoms with Crippen molar-refractivity contribution < 1.29 is 4.79 Å². The van der Waals surface area contributed by atoms with Crippen LogP contribution in [0.3, 0.4) is 0 Å². The number of anilines is 3. The predicted molar refractivity (Wildman–Crippen MR) is 95.0 cm³/mol. The molecular weight excluding hydrogens is 332 g/mol. The number of rotatable bonds is 3. The lowest BCUT2D eigenvalue weighted by molar-refractivity contribution is -0.115. The van der Waals surface area contributed by atoms with Gasteiger partial charge in [0, 0.05) is 42.6 Å². The summed E-state index contributed by atoms with van der Waals surface area (Å²) in [5, 5.41) is 14.6. The number of carbonyl (C=O) groups excluding carboxylic acids is 1. The summed E-state index contributed by atoms with van der Waals surface area (Å²) in [6.45, 7) is 0. The van der Waals surface area contributed by atoms with Gasteiger partial charge in [-0.15, -0.1) is 5.10 Å². The summed E-state index contributed by atoms with van der Waals surface area (Å²) in [7, 11) is 1.86. The van der Waals surface area contributed by atoms with E-state index in [0.717, 1.165) is 22.5 Å². The fourth-order valence-electron chi connectivity index (χ4n) is 3.05. The Balaban J connectivity index is 1.51. The van der Waals surface area contributed by atoms with E-state index < -0.39 is 0 Å². The molecule has 4 heterocycles. The van der Waals surface area contributed by atoms with Crippen LogP contribution in [0.15, 0.2) is 43.0 Å². The van der Waals surface area contributed by atoms with E-state index in [0.29, 0.717) is 23.7 Å². The molecule has 26 heavy (non-hydrogen) atoms. The molecule has 0 saturated carbocycles. The zero-order chi connectivity index (χ0) is 17.7. The molecule has 0 aliphatic carbocycles. The van der Waals surface area contributed by atoms with Gasteiger partial charge in [0.2, 0.25) is 11.9 Å². The van der Waals surface area contributed by atoms with Crippen LogP contribution in [0.5, 0.6) is 0 Å². The van der Waals surface area contributed by atoms with Crippen molar-refractivity contribution in [3.63, 3.8) is 0 Å². The number of hydrogen-bond donors (Lipinski definition) is 2. The van der Waals surface area contributed by atoms with Crippen LogP contribution >= 0.6 is 0 Å². The molecule has 1 aliphatic heterocycles. The van der Waals surface area contributed by atoms with Crippen molar-refractivity contribution in [2.45, 2.75) is 6.42 Å². The summed E-state index contributed by atoms with van der Waals surface area (Å²) in [6.07, 6.45) is 7.45. The van der Waals surface area contributed by atoms with Gasteiger partial charge in [0.15, 0.2) is 5.65 Å². The zero-order valence-electron chi connectivity index (χ0n) is 13.8. The van der Waals surface area contributed by atoms with Crippen molar-refractivity contribution in [1.82, 2.24) is 29.4 Å². The molecule has 0 fully saturated rings. The van der Waals surface area contributed by atoms with Crippen LogP contribution in [0.2, 0.25) is 0 Å². The molecule has 0 radical (unpaired) electrons. The molecule has 0 spiro atoms. The second kappa shape index (κ2) is 5.38. The molecule has 1 aliphatic rings. The van der Waals surface area contributed by atoms with Crippen LogP contribution in [0.25, 0.3) is 16.9 Å². The minimum atomic E-state index is 0.00944. The fraction of sp³-hybridized carbons (Fsp3) is 0.118. The van der Waals surface area contributed by atoms with Crippen molar-refractivity contribution >= 4 is 28.9 Å². The highest BCUT2D eigenvalue weighted by Gasteiger charge is 2.18. The van der Waals surface area contributed by atoms with E-state index in [9.17, 15) is 4.79 Å². The first kappa shape index (κ1) is 14.6. The molecule has 1 amide bonds. The summed E-state index contributed by atoms with van der Waals surface area (Å²) in [5.74, 6) is 0.468. The number of nitrogens with one attached hydrogen (secondary N) is 2. The first-order chi connectivity index (χ1) is 12.7. The first-order valence-corrected chi connectivity index (χ1v) is 8.06. The lowest BCUT2D eigenvalue weighted by atomic mass is 10.1. The maximum Gasteiger partial charge on any atom is 0.247 e. The van der Waals surface area contributed by atoms with Gasteiger partial charge >= 0.3 is 0 Å². The van der Waals surface area contributed by atoms with Gasteiger partial charge in [-0.05, 0) is 23.8 Å². The largest absolute Gasteiger partial charge is 0.326 e. The topological polar surface area (TPSA) is 102 Å². The summed E-state index contributed by atoms with van der Waals surface area (Å²) in [5.41, 5.74) is 4.87. The van der Waals surface area contributed by atoms with Crippen LogP contribution < -0.4 is 10.6 Å². The third-order valence-electron chi connectivity index (χ3n) is 4.22. The van der Waals surface area contributed by atoms with E-state index in [1.54, 1.807) is 27.8 Å². The maximum atomic E-state index is 11.5. The molecule has 0 unspecified atom stereocenters. The van der Waals surface area contributed by atoms with Crippen LogP contribution in [0, 0.1) is 0 Å². The van der Waals surface area contributed by atoms with Gasteiger partial charge in [0.05, 0.1) is 12.6 Å². The van der Waals surface area contributed by atoms with E-state index >= 15 is 0 Å². The molecule has 9 nitrogen and oxygen atoms in total. The van der Waals surface area contributed by atoms with E-state index in [1.807, 2.05) is 31.4 Å². The van der Waals surface area contributed by atoms with Crippen LogP contribution in [-0.2, 0) is 18.3 Å². The number of benzene rings is 1. The Bertz CT molecular complexity index is 1160. The van der Waals surface area contributed by atoms with Gasteiger partial charge in [-0.25, -0.2) is 4.52 Å². The number of hydrogen-bond acceptors (Lipinski definition) is 6. The summed E-state index contributed by atoms with van der Waals surface area (Å²) < 4.78 is 3.39. The standard InChI is InChI=1S/C17H14N8O/c1-24-9-11(8-19-24)15-16-22-17(23-25(16)5-4-18-15)20-12-2-3-13-10(6-12)7-14(26)21-13/h2-6,8-9H,7H2,1H3,(H,20,23)(H,21,26). The van der Waals surface area contributed by atoms with E-state index in [4.69, 9.17) is 0 Å². The van der Waals surface area contributed by atoms with Crippen molar-refractivity contribution in [2.24, 2.45) is 7.05 Å². The number of aryl methyl sites for hydroxylation is 1. The Kier molecular flexibility index (Phi) is 3.02. The van der Waals surface area contributed by atoms with Crippen molar-refractivity contribution in [3.05, 3.63) is 48.5 Å². The van der Waals surface area contributed by atoms with Crippen molar-refractivity contribution in [3.8, 4) is 11.3 Å². The minimum absolute atomic E-state index is 0.00944. The van der Waals surface area contributed by atoms with Crippen molar-refractivity contribution in [1.29, 1.82) is 0 Å². The van der Waals surface area contributed by atoms with Crippen LogP contribution in [0.1, 0.15) is 5.56 Å². The fourth-order valence-corrected chi connectivity index (χ4v) is 3.05. The normalized spacial score (nSPS) is 13.0. The number of nitrogens with zero attached hydrogens (tertiary/aromatic N) is 6. The van der Waals surface area contributed by atoms with Gasteiger partial charge in [0.25, 0.3) is 0 Å². The highest BCUT2D eigenvalue weighted by Crippen LogP contribution is 2.27. The second-order valence-corrected chi connectivity index (χ2v) is 6.10. The van der Waals surface area contributed by atoms with E-state index in [1.165, 1.54) is 0 Å². The minimum Gasteiger partial charge on any atom is -0.326 e. The van der Waals surface area contributed by atoms with Gasteiger partial charge in [0.1, 0.15) is 5.69 Å². The molecule has 128 valence electrons. The number of carbonyl (C=O) groups is 1. The van der Waals surface area contributed by atoms with Crippen molar-refractivity contribution in [2.75, 3.05) is 10.6 Å². The predicted octanol–water partition coefficient (Wildman–Crippen LogP) is 1.76. The molecule has 0 bridgehead atoms. The molecule has 2 N–H and O–H groups in total. The summed E-state index contributed by atoms with van der Waals surface area (Å²) in [4.78, 5) is 20.5. The second-order valence-electron chi connectivity index (χ2n) is 6.10. The zero-order valence-corrected chi connectivity index (χ0v) is 13.8. The molecular formula is C17H14N8O. The van der Waals surface area contributed by atoms with Gasteiger partial charge in [-0.2, -0.15) is 10.1 Å². The molecule has 0 atom stereocenters. The molecule has 5 rings (SSSR count). The van der Waals surface area contributed by atoms with Crippen LogP contribution in [-0.4, -0.2) is 35.3 Å². The lowest BCUT2D eigenvalue weighted by Gasteiger charge is -2.04. The molecule has 3 aromatic heterocycles. The number of fused-ring (bicyclic) bond motifs is 2. The van der Waals surface area contributed by atoms with E-state index in [2.05, 4.69) is 30.8 Å². The maximum absolute atomic E-state index is 11.5. The molecule has 4 aromatic rings. The average molecular weight is 346 g/mol. The first-order valence-electron chi connectivity index (χ1n) is 8.06. The molecule has 0 saturated heterocycles. The Morgan fingerprint density at radius 3 is 3.08 bits per heavy atom. The Morgan fingerprint density at radius 2 is 2.23 bits per heavy atom. The van der Waals surface area contributed by atoms with Gasteiger partial charge < -0.3 is 10.6 Å². The summed E-state index contributed by atoms with van der Waals surface area (Å²) >= 11 is 0. The summed E-state index contributed by atoms with van der Waals surface area (Å²) in [6, 6.07) is 5.69. The van der Waals surface area contributed by atoms with Crippen LogP contribution in [0.4, 0.5) is 17.3 Å². The lowest BCUT2D eigenvalue weighted by Crippen LogP contribution is -2.03. The Morgan fingerprint density at radius 1 is 1.31 bits per heavy atom. The molecule has 1 aromatic carbocycles. The number of aromatic nitrogens is 6.